The summed E-state index contributed by atoms with van der Waals surface area (Å²) in [7, 11) is 3.30. The zero-order valence-electron chi connectivity index (χ0n) is 18.6. The molecule has 172 valence electrons. The molecule has 1 amide bonds. The van der Waals surface area contributed by atoms with Crippen LogP contribution in [0, 0.1) is 11.3 Å². The van der Waals surface area contributed by atoms with Crippen LogP contribution >= 0.6 is 0 Å². The molecule has 0 saturated heterocycles. The maximum absolute atomic E-state index is 12.8. The van der Waals surface area contributed by atoms with E-state index in [1.807, 2.05) is 32.3 Å². The second kappa shape index (κ2) is 9.03. The average Bonchev–Trinajstić information content (AvgIpc) is 3.50. The topological polar surface area (TPSA) is 152 Å². The van der Waals surface area contributed by atoms with Gasteiger partial charge in [0.2, 0.25) is 5.75 Å². The SMILES string of the molecule is C[C@H](c1nc(C(=O)Nc2cnoc2)c(O)c(=O)n1C)[C@@H](c1cn(C)cn1)c1ccccc1C#N. The summed E-state index contributed by atoms with van der Waals surface area (Å²) in [5.41, 5.74) is 0.861. The zero-order valence-corrected chi connectivity index (χ0v) is 18.6. The molecular formula is C23H21N7O4. The summed E-state index contributed by atoms with van der Waals surface area (Å²) in [4.78, 5) is 34.5. The maximum Gasteiger partial charge on any atom is 0.296 e. The number of nitrogens with zero attached hydrogens (tertiary/aromatic N) is 6. The number of hydrogen-bond donors (Lipinski definition) is 2. The molecule has 0 radical (unpaired) electrons. The van der Waals surface area contributed by atoms with Gasteiger partial charge in [-0.1, -0.05) is 30.3 Å². The number of nitrogens with one attached hydrogen (secondary N) is 1. The third-order valence-corrected chi connectivity index (χ3v) is 5.57. The number of aromatic hydroxyl groups is 1. The lowest BCUT2D eigenvalue weighted by Crippen LogP contribution is -2.29. The Morgan fingerprint density at radius 3 is 2.71 bits per heavy atom. The molecule has 0 unspecified atom stereocenters. The highest BCUT2D eigenvalue weighted by Crippen LogP contribution is 2.38. The summed E-state index contributed by atoms with van der Waals surface area (Å²) in [6.45, 7) is 1.83. The number of carbonyl (C=O) groups is 1. The molecule has 0 bridgehead atoms. The number of amides is 1. The number of aromatic nitrogens is 5. The van der Waals surface area contributed by atoms with E-state index in [1.165, 1.54) is 24.1 Å². The zero-order chi connectivity index (χ0) is 24.4. The van der Waals surface area contributed by atoms with E-state index in [0.29, 0.717) is 16.8 Å². The van der Waals surface area contributed by atoms with Crippen molar-refractivity contribution >= 4 is 11.6 Å². The normalized spacial score (nSPS) is 12.6. The largest absolute Gasteiger partial charge is 0.501 e. The number of aryl methyl sites for hydroxylation is 1. The fourth-order valence-electron chi connectivity index (χ4n) is 3.93. The van der Waals surface area contributed by atoms with Crippen LogP contribution in [0.25, 0.3) is 0 Å². The van der Waals surface area contributed by atoms with E-state index in [4.69, 9.17) is 4.52 Å². The Labute approximate surface area is 193 Å². The van der Waals surface area contributed by atoms with E-state index < -0.39 is 34.7 Å². The Balaban J connectivity index is 1.85. The number of rotatable bonds is 6. The molecule has 2 N–H and O–H groups in total. The van der Waals surface area contributed by atoms with Crippen LogP contribution in [-0.4, -0.2) is 35.3 Å². The van der Waals surface area contributed by atoms with Crippen LogP contribution in [0.15, 0.2) is 58.6 Å². The second-order valence-corrected chi connectivity index (χ2v) is 7.83. The van der Waals surface area contributed by atoms with Crippen molar-refractivity contribution in [2.45, 2.75) is 18.8 Å². The van der Waals surface area contributed by atoms with Crippen LogP contribution in [0.4, 0.5) is 5.69 Å². The Bertz CT molecular complexity index is 1450. The van der Waals surface area contributed by atoms with Crippen LogP contribution in [0.1, 0.15) is 51.9 Å². The Morgan fingerprint density at radius 2 is 2.06 bits per heavy atom. The summed E-state index contributed by atoms with van der Waals surface area (Å²) < 4.78 is 7.67. The molecule has 4 rings (SSSR count). The first-order valence-electron chi connectivity index (χ1n) is 10.3. The van der Waals surface area contributed by atoms with Gasteiger partial charge < -0.3 is 19.5 Å². The minimum Gasteiger partial charge on any atom is -0.501 e. The van der Waals surface area contributed by atoms with Gasteiger partial charge in [0.1, 0.15) is 17.8 Å². The third-order valence-electron chi connectivity index (χ3n) is 5.57. The van der Waals surface area contributed by atoms with Crippen molar-refractivity contribution in [3.8, 4) is 11.8 Å². The minimum absolute atomic E-state index is 0.238. The molecule has 0 aliphatic rings. The second-order valence-electron chi connectivity index (χ2n) is 7.83. The molecule has 11 nitrogen and oxygen atoms in total. The number of nitriles is 1. The van der Waals surface area contributed by atoms with E-state index >= 15 is 0 Å². The molecule has 0 fully saturated rings. The fourth-order valence-corrected chi connectivity index (χ4v) is 3.93. The van der Waals surface area contributed by atoms with Gasteiger partial charge in [0.05, 0.1) is 29.9 Å². The van der Waals surface area contributed by atoms with Gasteiger partial charge in [-0.05, 0) is 11.6 Å². The highest BCUT2D eigenvalue weighted by Gasteiger charge is 2.31. The molecule has 0 aliphatic heterocycles. The van der Waals surface area contributed by atoms with Gasteiger partial charge in [-0.2, -0.15) is 5.26 Å². The lowest BCUT2D eigenvalue weighted by Gasteiger charge is -2.25. The maximum atomic E-state index is 12.8. The molecule has 3 heterocycles. The summed E-state index contributed by atoms with van der Waals surface area (Å²) >= 11 is 0. The van der Waals surface area contributed by atoms with Gasteiger partial charge >= 0.3 is 0 Å². The smallest absolute Gasteiger partial charge is 0.296 e. The predicted octanol–water partition coefficient (Wildman–Crippen LogP) is 2.27. The number of carbonyl (C=O) groups excluding carboxylic acids is 1. The fraction of sp³-hybridized carbons (Fsp3) is 0.217. The molecule has 0 saturated carbocycles. The Hall–Kier alpha value is -4.72. The molecule has 34 heavy (non-hydrogen) atoms. The van der Waals surface area contributed by atoms with Gasteiger partial charge in [0.15, 0.2) is 5.69 Å². The van der Waals surface area contributed by atoms with Crippen LogP contribution in [0.5, 0.6) is 5.75 Å². The first kappa shape index (κ1) is 22.5. The summed E-state index contributed by atoms with van der Waals surface area (Å²) in [5.74, 6) is -2.31. The van der Waals surface area contributed by atoms with Crippen LogP contribution in [0.2, 0.25) is 0 Å². The van der Waals surface area contributed by atoms with Crippen molar-refractivity contribution in [2.75, 3.05) is 5.32 Å². The molecule has 0 spiro atoms. The van der Waals surface area contributed by atoms with E-state index in [-0.39, 0.29) is 11.5 Å². The number of hydrogen-bond acceptors (Lipinski definition) is 8. The number of anilines is 1. The minimum atomic E-state index is -0.793. The lowest BCUT2D eigenvalue weighted by atomic mass is 9.82. The number of benzene rings is 1. The Kier molecular flexibility index (Phi) is 5.97. The molecule has 1 aromatic carbocycles. The van der Waals surface area contributed by atoms with Crippen molar-refractivity contribution in [3.05, 3.63) is 87.9 Å². The van der Waals surface area contributed by atoms with Crippen molar-refractivity contribution in [2.24, 2.45) is 14.1 Å². The quantitative estimate of drug-likeness (QED) is 0.445. The van der Waals surface area contributed by atoms with Crippen LogP contribution in [-0.2, 0) is 14.1 Å². The van der Waals surface area contributed by atoms with Crippen LogP contribution < -0.4 is 10.9 Å². The van der Waals surface area contributed by atoms with Crippen molar-refractivity contribution in [1.29, 1.82) is 5.26 Å². The summed E-state index contributed by atoms with van der Waals surface area (Å²) in [6, 6.07) is 9.33. The first-order chi connectivity index (χ1) is 16.3. The summed E-state index contributed by atoms with van der Waals surface area (Å²) in [5, 5.41) is 26.1. The molecule has 0 aliphatic carbocycles. The van der Waals surface area contributed by atoms with E-state index in [9.17, 15) is 20.0 Å². The first-order valence-corrected chi connectivity index (χ1v) is 10.3. The highest BCUT2D eigenvalue weighted by atomic mass is 16.5. The van der Waals surface area contributed by atoms with Crippen molar-refractivity contribution in [3.63, 3.8) is 0 Å². The van der Waals surface area contributed by atoms with Gasteiger partial charge in [0.25, 0.3) is 11.5 Å². The molecule has 4 aromatic rings. The average molecular weight is 459 g/mol. The van der Waals surface area contributed by atoms with Gasteiger partial charge in [0, 0.05) is 32.1 Å². The monoisotopic (exact) mass is 459 g/mol. The molecule has 3 aromatic heterocycles. The highest BCUT2D eigenvalue weighted by molar-refractivity contribution is 6.04. The lowest BCUT2D eigenvalue weighted by molar-refractivity contribution is 0.101. The van der Waals surface area contributed by atoms with Gasteiger partial charge in [-0.15, -0.1) is 0 Å². The van der Waals surface area contributed by atoms with E-state index in [2.05, 4.69) is 26.5 Å². The Morgan fingerprint density at radius 1 is 1.29 bits per heavy atom. The van der Waals surface area contributed by atoms with E-state index in [0.717, 1.165) is 0 Å². The molecular weight excluding hydrogens is 438 g/mol. The van der Waals surface area contributed by atoms with E-state index in [1.54, 1.807) is 23.0 Å². The van der Waals surface area contributed by atoms with Crippen molar-refractivity contribution < 1.29 is 14.4 Å². The number of imidazole rings is 1. The third kappa shape index (κ3) is 4.04. The van der Waals surface area contributed by atoms with Gasteiger partial charge in [-0.25, -0.2) is 9.97 Å². The predicted molar refractivity (Wildman–Crippen MR) is 120 cm³/mol. The standard InChI is InChI=1S/C23H21N7O4/c1-13(18(17-10-29(2)12-25-17)16-7-5-4-6-14(16)8-24)21-28-19(20(31)23(33)30(21)3)22(32)27-15-9-26-34-11-15/h4-7,9-13,18,31H,1-3H3,(H,27,32)/t13-,18+/m0/s1. The summed E-state index contributed by atoms with van der Waals surface area (Å²) in [6.07, 6.45) is 5.95. The molecule has 11 heteroatoms. The van der Waals surface area contributed by atoms with Gasteiger partial charge in [-0.3, -0.25) is 14.2 Å². The molecule has 2 atom stereocenters. The van der Waals surface area contributed by atoms with Crippen molar-refractivity contribution in [1.82, 2.24) is 24.3 Å². The van der Waals surface area contributed by atoms with Crippen LogP contribution in [0.3, 0.4) is 0 Å².